The molecule has 102 valence electrons. The van der Waals surface area contributed by atoms with Crippen molar-refractivity contribution in [3.05, 3.63) is 41.9 Å². The zero-order chi connectivity index (χ0) is 13.9. The van der Waals surface area contributed by atoms with Crippen LogP contribution in [0.15, 0.2) is 30.5 Å². The molecule has 0 atom stereocenters. The summed E-state index contributed by atoms with van der Waals surface area (Å²) in [6.07, 6.45) is 6.22. The van der Waals surface area contributed by atoms with Crippen molar-refractivity contribution in [1.82, 2.24) is 9.97 Å². The van der Waals surface area contributed by atoms with Crippen molar-refractivity contribution < 1.29 is 0 Å². The quantitative estimate of drug-likeness (QED) is 0.877. The molecule has 4 nitrogen and oxygen atoms in total. The van der Waals surface area contributed by atoms with Gasteiger partial charge in [0.05, 0.1) is 23.5 Å². The van der Waals surface area contributed by atoms with Crippen LogP contribution in [0.1, 0.15) is 43.0 Å². The zero-order valence-electron chi connectivity index (χ0n) is 11.3. The van der Waals surface area contributed by atoms with Crippen LogP contribution in [0, 0.1) is 11.3 Å². The van der Waals surface area contributed by atoms with Crippen LogP contribution < -0.4 is 5.73 Å². The van der Waals surface area contributed by atoms with Crippen LogP contribution in [0.5, 0.6) is 0 Å². The molecule has 3 N–H and O–H groups in total. The highest BCUT2D eigenvalue weighted by Crippen LogP contribution is 2.31. The highest BCUT2D eigenvalue weighted by molar-refractivity contribution is 5.60. The number of nitriles is 1. The summed E-state index contributed by atoms with van der Waals surface area (Å²) in [6, 6.07) is 10.1. The van der Waals surface area contributed by atoms with Gasteiger partial charge in [-0.3, -0.25) is 0 Å². The average Bonchev–Trinajstić information content (AvgIpc) is 2.98. The minimum atomic E-state index is 0.355. The molecule has 1 aromatic carbocycles. The minimum Gasteiger partial charge on any atom is -0.342 e. The maximum atomic E-state index is 8.96. The highest BCUT2D eigenvalue weighted by atomic mass is 14.9. The van der Waals surface area contributed by atoms with Crippen LogP contribution in [0.25, 0.3) is 11.3 Å². The second kappa shape index (κ2) is 5.48. The molecule has 4 heteroatoms. The molecule has 1 aliphatic carbocycles. The second-order valence-electron chi connectivity index (χ2n) is 5.49. The molecule has 1 aliphatic rings. The fraction of sp³-hybridized carbons (Fsp3) is 0.375. The van der Waals surface area contributed by atoms with Crippen LogP contribution in [-0.4, -0.2) is 16.0 Å². The molecule has 0 aliphatic heterocycles. The van der Waals surface area contributed by atoms with Gasteiger partial charge in [0.1, 0.15) is 5.82 Å². The summed E-state index contributed by atoms with van der Waals surface area (Å²) in [7, 11) is 0. The van der Waals surface area contributed by atoms with Gasteiger partial charge in [-0.25, -0.2) is 4.98 Å². The van der Waals surface area contributed by atoms with Gasteiger partial charge >= 0.3 is 0 Å². The Morgan fingerprint density at radius 1 is 1.25 bits per heavy atom. The zero-order valence-corrected chi connectivity index (χ0v) is 11.3. The molecule has 3 rings (SSSR count). The van der Waals surface area contributed by atoms with Crippen molar-refractivity contribution in [2.24, 2.45) is 5.73 Å². The number of aromatic nitrogens is 2. The van der Waals surface area contributed by atoms with Gasteiger partial charge in [-0.05, 0) is 37.8 Å². The number of rotatable bonds is 2. The van der Waals surface area contributed by atoms with Crippen molar-refractivity contribution >= 4 is 0 Å². The van der Waals surface area contributed by atoms with Crippen LogP contribution in [0.4, 0.5) is 0 Å². The van der Waals surface area contributed by atoms with E-state index in [0.29, 0.717) is 17.5 Å². The summed E-state index contributed by atoms with van der Waals surface area (Å²) >= 11 is 0. The van der Waals surface area contributed by atoms with Crippen molar-refractivity contribution in [2.75, 3.05) is 0 Å². The van der Waals surface area contributed by atoms with E-state index in [1.807, 2.05) is 30.5 Å². The molecule has 1 saturated carbocycles. The molecule has 0 amide bonds. The summed E-state index contributed by atoms with van der Waals surface area (Å²) < 4.78 is 0. The molecule has 0 spiro atoms. The van der Waals surface area contributed by atoms with E-state index >= 15 is 0 Å². The first-order valence-electron chi connectivity index (χ1n) is 7.07. The van der Waals surface area contributed by atoms with Crippen molar-refractivity contribution in [3.8, 4) is 17.3 Å². The van der Waals surface area contributed by atoms with Crippen LogP contribution in [0.2, 0.25) is 0 Å². The number of hydrogen-bond donors (Lipinski definition) is 2. The van der Waals surface area contributed by atoms with E-state index in [2.05, 4.69) is 16.0 Å². The summed E-state index contributed by atoms with van der Waals surface area (Å²) in [6.45, 7) is 0. The van der Waals surface area contributed by atoms with Gasteiger partial charge in [-0.15, -0.1) is 0 Å². The predicted molar refractivity (Wildman–Crippen MR) is 77.9 cm³/mol. The van der Waals surface area contributed by atoms with Gasteiger partial charge in [0.2, 0.25) is 0 Å². The molecule has 1 fully saturated rings. The Labute approximate surface area is 118 Å². The number of nitrogens with two attached hydrogens (primary N) is 1. The Balaban J connectivity index is 1.81. The molecule has 1 aromatic heterocycles. The molecule has 0 saturated heterocycles. The fourth-order valence-corrected chi connectivity index (χ4v) is 2.84. The normalized spacial score (nSPS) is 22.4. The van der Waals surface area contributed by atoms with Crippen molar-refractivity contribution in [2.45, 2.75) is 37.6 Å². The third-order valence-electron chi connectivity index (χ3n) is 4.06. The number of benzene rings is 1. The standard InChI is InChI=1S/C16H18N4/c17-9-11-2-1-3-13(8-11)15-10-19-16(20-15)12-4-6-14(18)7-5-12/h1-3,8,10,12,14H,4-7,18H2,(H,19,20). The molecule has 20 heavy (non-hydrogen) atoms. The SMILES string of the molecule is N#Cc1cccc(-c2cnc(C3CCC(N)CC3)[nH]2)c1. The third kappa shape index (κ3) is 2.59. The summed E-state index contributed by atoms with van der Waals surface area (Å²) in [4.78, 5) is 7.92. The van der Waals surface area contributed by atoms with E-state index in [1.54, 1.807) is 0 Å². The maximum Gasteiger partial charge on any atom is 0.109 e. The van der Waals surface area contributed by atoms with Crippen molar-refractivity contribution in [1.29, 1.82) is 5.26 Å². The van der Waals surface area contributed by atoms with Crippen LogP contribution >= 0.6 is 0 Å². The van der Waals surface area contributed by atoms with E-state index in [1.165, 1.54) is 0 Å². The molecule has 0 radical (unpaired) electrons. The van der Waals surface area contributed by atoms with Crippen LogP contribution in [-0.2, 0) is 0 Å². The third-order valence-corrected chi connectivity index (χ3v) is 4.06. The first kappa shape index (κ1) is 12.9. The van der Waals surface area contributed by atoms with E-state index in [4.69, 9.17) is 11.0 Å². The lowest BCUT2D eigenvalue weighted by Crippen LogP contribution is -2.26. The Morgan fingerprint density at radius 2 is 2.05 bits per heavy atom. The fourth-order valence-electron chi connectivity index (χ4n) is 2.84. The van der Waals surface area contributed by atoms with Gasteiger partial charge in [0.25, 0.3) is 0 Å². The van der Waals surface area contributed by atoms with E-state index in [-0.39, 0.29) is 0 Å². The molecule has 0 bridgehead atoms. The lowest BCUT2D eigenvalue weighted by molar-refractivity contribution is 0.386. The molecule has 1 heterocycles. The number of H-pyrrole nitrogens is 1. The molecule has 2 aromatic rings. The average molecular weight is 266 g/mol. The first-order chi connectivity index (χ1) is 9.76. The number of imidazole rings is 1. The smallest absolute Gasteiger partial charge is 0.109 e. The van der Waals surface area contributed by atoms with E-state index in [9.17, 15) is 0 Å². The van der Waals surface area contributed by atoms with Gasteiger partial charge in [-0.2, -0.15) is 5.26 Å². The van der Waals surface area contributed by atoms with E-state index < -0.39 is 0 Å². The number of aromatic amines is 1. The largest absolute Gasteiger partial charge is 0.342 e. The lowest BCUT2D eigenvalue weighted by Gasteiger charge is -2.24. The van der Waals surface area contributed by atoms with Gasteiger partial charge in [0.15, 0.2) is 0 Å². The molecular formula is C16H18N4. The maximum absolute atomic E-state index is 8.96. The van der Waals surface area contributed by atoms with Gasteiger partial charge in [0, 0.05) is 17.5 Å². The topological polar surface area (TPSA) is 78.5 Å². The number of nitrogens with one attached hydrogen (secondary N) is 1. The summed E-state index contributed by atoms with van der Waals surface area (Å²) in [5.41, 5.74) is 8.60. The first-order valence-corrected chi connectivity index (χ1v) is 7.07. The Morgan fingerprint density at radius 3 is 2.80 bits per heavy atom. The Bertz CT molecular complexity index is 630. The Hall–Kier alpha value is -2.12. The number of nitrogens with zero attached hydrogens (tertiary/aromatic N) is 2. The van der Waals surface area contributed by atoms with Gasteiger partial charge < -0.3 is 10.7 Å². The number of hydrogen-bond acceptors (Lipinski definition) is 3. The second-order valence-corrected chi connectivity index (χ2v) is 5.49. The van der Waals surface area contributed by atoms with Gasteiger partial charge in [-0.1, -0.05) is 12.1 Å². The minimum absolute atomic E-state index is 0.355. The molecular weight excluding hydrogens is 248 g/mol. The monoisotopic (exact) mass is 266 g/mol. The highest BCUT2D eigenvalue weighted by Gasteiger charge is 2.22. The van der Waals surface area contributed by atoms with E-state index in [0.717, 1.165) is 42.8 Å². The summed E-state index contributed by atoms with van der Waals surface area (Å²) in [5, 5.41) is 8.96. The lowest BCUT2D eigenvalue weighted by atomic mass is 9.86. The summed E-state index contributed by atoms with van der Waals surface area (Å²) in [5.74, 6) is 1.54. The van der Waals surface area contributed by atoms with Crippen LogP contribution in [0.3, 0.4) is 0 Å². The predicted octanol–water partition coefficient (Wildman–Crippen LogP) is 2.93. The Kier molecular flexibility index (Phi) is 3.53. The van der Waals surface area contributed by atoms with Crippen molar-refractivity contribution in [3.63, 3.8) is 0 Å². The molecule has 0 unspecified atom stereocenters.